The fourth-order valence-corrected chi connectivity index (χ4v) is 1.45. The van der Waals surface area contributed by atoms with Gasteiger partial charge in [-0.05, 0) is 19.1 Å². The molecule has 1 fully saturated rings. The molecule has 0 N–H and O–H groups in total. The van der Waals surface area contributed by atoms with Crippen LogP contribution in [0, 0.1) is 6.92 Å². The van der Waals surface area contributed by atoms with Gasteiger partial charge in [-0.3, -0.25) is 4.98 Å². The Labute approximate surface area is 77.7 Å². The maximum Gasteiger partial charge on any atom is 0.156 e. The second-order valence-electron chi connectivity index (χ2n) is 3.36. The molecule has 1 aliphatic heterocycles. The summed E-state index contributed by atoms with van der Waals surface area (Å²) in [6.07, 6.45) is 0. The second-order valence-corrected chi connectivity index (χ2v) is 3.36. The van der Waals surface area contributed by atoms with E-state index in [0.29, 0.717) is 13.2 Å². The van der Waals surface area contributed by atoms with Gasteiger partial charge in [0.2, 0.25) is 0 Å². The second kappa shape index (κ2) is 3.09. The molecule has 1 aromatic heterocycles. The molecule has 0 aromatic carbocycles. The highest BCUT2D eigenvalue weighted by Gasteiger charge is 2.41. The predicted molar refractivity (Wildman–Crippen MR) is 48.5 cm³/mol. The summed E-state index contributed by atoms with van der Waals surface area (Å²) in [6.45, 7) is 3.20. The minimum atomic E-state index is -0.286. The van der Waals surface area contributed by atoms with Crippen LogP contribution in [-0.2, 0) is 15.1 Å². The summed E-state index contributed by atoms with van der Waals surface area (Å²) < 4.78 is 10.6. The van der Waals surface area contributed by atoms with Gasteiger partial charge in [0.25, 0.3) is 0 Å². The Morgan fingerprint density at radius 3 is 2.69 bits per heavy atom. The number of hydrogen-bond acceptors (Lipinski definition) is 3. The third kappa shape index (κ3) is 1.34. The molecule has 0 atom stereocenters. The Balaban J connectivity index is 2.33. The van der Waals surface area contributed by atoms with E-state index in [2.05, 4.69) is 4.98 Å². The fraction of sp³-hybridized carbons (Fsp3) is 0.500. The van der Waals surface area contributed by atoms with E-state index in [-0.39, 0.29) is 5.60 Å². The van der Waals surface area contributed by atoms with Crippen molar-refractivity contribution in [3.05, 3.63) is 29.6 Å². The molecule has 2 heterocycles. The molecule has 0 amide bonds. The molecule has 0 aliphatic carbocycles. The van der Waals surface area contributed by atoms with E-state index in [1.165, 1.54) is 0 Å². The van der Waals surface area contributed by atoms with Crippen molar-refractivity contribution in [2.24, 2.45) is 0 Å². The van der Waals surface area contributed by atoms with Crippen LogP contribution in [-0.4, -0.2) is 25.3 Å². The number of hydrogen-bond donors (Lipinski definition) is 0. The highest BCUT2D eigenvalue weighted by Crippen LogP contribution is 2.31. The molecule has 13 heavy (non-hydrogen) atoms. The molecule has 0 bridgehead atoms. The van der Waals surface area contributed by atoms with E-state index in [4.69, 9.17) is 9.47 Å². The maximum atomic E-state index is 5.43. The molecule has 1 aromatic rings. The molecule has 0 unspecified atom stereocenters. The van der Waals surface area contributed by atoms with Crippen LogP contribution in [0.3, 0.4) is 0 Å². The van der Waals surface area contributed by atoms with Crippen molar-refractivity contribution in [2.45, 2.75) is 12.5 Å². The first-order valence-corrected chi connectivity index (χ1v) is 4.34. The lowest BCUT2D eigenvalue weighted by Crippen LogP contribution is -2.48. The Kier molecular flexibility index (Phi) is 2.06. The van der Waals surface area contributed by atoms with Gasteiger partial charge >= 0.3 is 0 Å². The van der Waals surface area contributed by atoms with Crippen LogP contribution in [0.1, 0.15) is 11.4 Å². The number of methoxy groups -OCH3 is 1. The summed E-state index contributed by atoms with van der Waals surface area (Å²) in [5.41, 5.74) is 1.70. The van der Waals surface area contributed by atoms with Crippen LogP contribution >= 0.6 is 0 Å². The van der Waals surface area contributed by atoms with Gasteiger partial charge in [0, 0.05) is 12.8 Å². The zero-order chi connectivity index (χ0) is 9.31. The standard InChI is InChI=1S/C10H13NO2/c1-8-4-3-5-9(11-8)10(12-2)6-13-7-10/h3-5H,6-7H2,1-2H3. The van der Waals surface area contributed by atoms with E-state index in [1.807, 2.05) is 25.1 Å². The minimum absolute atomic E-state index is 0.286. The molecule has 3 nitrogen and oxygen atoms in total. The predicted octanol–water partition coefficient (Wildman–Crippen LogP) is 1.26. The number of aryl methyl sites for hydroxylation is 1. The first-order chi connectivity index (χ1) is 6.27. The first kappa shape index (κ1) is 8.66. The summed E-state index contributed by atoms with van der Waals surface area (Å²) in [7, 11) is 1.70. The Morgan fingerprint density at radius 1 is 1.46 bits per heavy atom. The molecule has 0 spiro atoms. The fourth-order valence-electron chi connectivity index (χ4n) is 1.45. The van der Waals surface area contributed by atoms with Crippen LogP contribution in [0.15, 0.2) is 18.2 Å². The van der Waals surface area contributed by atoms with E-state index in [1.54, 1.807) is 7.11 Å². The van der Waals surface area contributed by atoms with Crippen molar-refractivity contribution in [2.75, 3.05) is 20.3 Å². The molecular weight excluding hydrogens is 166 g/mol. The van der Waals surface area contributed by atoms with Crippen molar-refractivity contribution in [1.82, 2.24) is 4.98 Å². The molecule has 2 rings (SSSR count). The minimum Gasteiger partial charge on any atom is -0.374 e. The van der Waals surface area contributed by atoms with Gasteiger partial charge in [-0.15, -0.1) is 0 Å². The van der Waals surface area contributed by atoms with Gasteiger partial charge in [-0.25, -0.2) is 0 Å². The van der Waals surface area contributed by atoms with E-state index in [9.17, 15) is 0 Å². The smallest absolute Gasteiger partial charge is 0.156 e. The number of pyridine rings is 1. The summed E-state index contributed by atoms with van der Waals surface area (Å²) >= 11 is 0. The van der Waals surface area contributed by atoms with Gasteiger partial charge in [0.1, 0.15) is 0 Å². The maximum absolute atomic E-state index is 5.43. The lowest BCUT2D eigenvalue weighted by molar-refractivity contribution is -0.204. The average Bonchev–Trinajstić information content (AvgIpc) is 2.03. The van der Waals surface area contributed by atoms with Gasteiger partial charge in [0.15, 0.2) is 5.60 Å². The van der Waals surface area contributed by atoms with E-state index in [0.717, 1.165) is 11.4 Å². The van der Waals surface area contributed by atoms with Gasteiger partial charge in [0.05, 0.1) is 18.9 Å². The zero-order valence-electron chi connectivity index (χ0n) is 7.91. The van der Waals surface area contributed by atoms with E-state index < -0.39 is 0 Å². The number of ether oxygens (including phenoxy) is 2. The average molecular weight is 179 g/mol. The summed E-state index contributed by atoms with van der Waals surface area (Å²) in [4.78, 5) is 4.43. The third-order valence-electron chi connectivity index (χ3n) is 2.42. The van der Waals surface area contributed by atoms with Gasteiger partial charge in [-0.2, -0.15) is 0 Å². The summed E-state index contributed by atoms with van der Waals surface area (Å²) in [6, 6.07) is 5.96. The van der Waals surface area contributed by atoms with Crippen molar-refractivity contribution < 1.29 is 9.47 Å². The molecule has 0 saturated carbocycles. The molecule has 0 radical (unpaired) electrons. The van der Waals surface area contributed by atoms with Crippen LogP contribution in [0.4, 0.5) is 0 Å². The van der Waals surface area contributed by atoms with Crippen LogP contribution < -0.4 is 0 Å². The number of rotatable bonds is 2. The number of aromatic nitrogens is 1. The normalized spacial score (nSPS) is 19.5. The topological polar surface area (TPSA) is 31.4 Å². The zero-order valence-corrected chi connectivity index (χ0v) is 7.91. The van der Waals surface area contributed by atoms with Crippen LogP contribution in [0.25, 0.3) is 0 Å². The first-order valence-electron chi connectivity index (χ1n) is 4.34. The van der Waals surface area contributed by atoms with Crippen molar-refractivity contribution >= 4 is 0 Å². The molecule has 1 saturated heterocycles. The van der Waals surface area contributed by atoms with Crippen molar-refractivity contribution in [3.63, 3.8) is 0 Å². The number of nitrogens with zero attached hydrogens (tertiary/aromatic N) is 1. The van der Waals surface area contributed by atoms with E-state index >= 15 is 0 Å². The Hall–Kier alpha value is -0.930. The lowest BCUT2D eigenvalue weighted by Gasteiger charge is -2.39. The summed E-state index contributed by atoms with van der Waals surface area (Å²) in [5, 5.41) is 0. The largest absolute Gasteiger partial charge is 0.374 e. The van der Waals surface area contributed by atoms with Gasteiger partial charge < -0.3 is 9.47 Å². The van der Waals surface area contributed by atoms with Crippen molar-refractivity contribution in [1.29, 1.82) is 0 Å². The van der Waals surface area contributed by atoms with Crippen LogP contribution in [0.5, 0.6) is 0 Å². The quantitative estimate of drug-likeness (QED) is 0.685. The summed E-state index contributed by atoms with van der Waals surface area (Å²) in [5.74, 6) is 0. The van der Waals surface area contributed by atoms with Crippen molar-refractivity contribution in [3.8, 4) is 0 Å². The van der Waals surface area contributed by atoms with Gasteiger partial charge in [-0.1, -0.05) is 6.07 Å². The lowest BCUT2D eigenvalue weighted by atomic mass is 9.96. The molecule has 1 aliphatic rings. The molecule has 70 valence electrons. The molecular formula is C10H13NO2. The highest BCUT2D eigenvalue weighted by molar-refractivity contribution is 5.19. The highest BCUT2D eigenvalue weighted by atomic mass is 16.6. The third-order valence-corrected chi connectivity index (χ3v) is 2.42. The Bertz CT molecular complexity index is 302. The Morgan fingerprint density at radius 2 is 2.23 bits per heavy atom. The SMILES string of the molecule is COC1(c2cccc(C)n2)COC1. The molecule has 3 heteroatoms. The monoisotopic (exact) mass is 179 g/mol. The van der Waals surface area contributed by atoms with Crippen LogP contribution in [0.2, 0.25) is 0 Å².